The van der Waals surface area contributed by atoms with Crippen molar-refractivity contribution < 1.29 is 0 Å². The van der Waals surface area contributed by atoms with Crippen LogP contribution in [0.1, 0.15) is 244 Å². The Morgan fingerprint density at radius 2 is 0.621 bits per heavy atom. The summed E-state index contributed by atoms with van der Waals surface area (Å²) in [6.07, 6.45) is 68.1. The Bertz CT molecular complexity index is 1240. The third-order valence-electron chi connectivity index (χ3n) is 19.7. The minimum Gasteiger partial charge on any atom is -0.294 e. The maximum Gasteiger partial charge on any atom is 0.0132 e. The molecule has 0 radical (unpaired) electrons. The number of fused-ring (bicyclic) bond motifs is 1. The maximum absolute atomic E-state index is 3.37. The summed E-state index contributed by atoms with van der Waals surface area (Å²) in [4.78, 5) is 6.67. The van der Waals surface area contributed by atoms with E-state index >= 15 is 0 Å². The predicted octanol–water partition coefficient (Wildman–Crippen LogP) is 15.8. The minimum atomic E-state index is 0.853. The van der Waals surface area contributed by atoms with Gasteiger partial charge in [0.05, 0.1) is 0 Å². The molecule has 9 rings (SSSR count). The molecule has 0 aliphatic heterocycles. The molecule has 0 aromatic rings. The van der Waals surface area contributed by atoms with Gasteiger partial charge in [-0.05, 0) is 189 Å². The molecule has 0 aromatic heterocycles. The lowest BCUT2D eigenvalue weighted by atomic mass is 9.58. The molecule has 0 heterocycles. The molecular weight excluding hydrogens is 701 g/mol. The Hall–Kier alpha value is -0.600. The van der Waals surface area contributed by atoms with Crippen molar-refractivity contribution in [3.8, 4) is 0 Å². The van der Waals surface area contributed by atoms with Gasteiger partial charge in [-0.2, -0.15) is 0 Å². The van der Waals surface area contributed by atoms with Crippen LogP contribution in [0.5, 0.6) is 0 Å². The van der Waals surface area contributed by atoms with Crippen LogP contribution >= 0.6 is 0 Å². The van der Waals surface area contributed by atoms with Gasteiger partial charge in [-0.3, -0.25) is 9.80 Å². The van der Waals surface area contributed by atoms with Crippen molar-refractivity contribution in [1.29, 1.82) is 0 Å². The number of hydrogen-bond acceptors (Lipinski definition) is 2. The second kappa shape index (κ2) is 21.7. The van der Waals surface area contributed by atoms with Crippen molar-refractivity contribution in [3.05, 3.63) is 24.3 Å². The van der Waals surface area contributed by atoms with E-state index in [0.717, 1.165) is 83.6 Å². The van der Waals surface area contributed by atoms with Crippen LogP contribution in [0.2, 0.25) is 0 Å². The molecule has 328 valence electrons. The van der Waals surface area contributed by atoms with Gasteiger partial charge in [0, 0.05) is 36.3 Å². The molecule has 2 heteroatoms. The highest BCUT2D eigenvalue weighted by atomic mass is 15.2. The first-order valence-corrected chi connectivity index (χ1v) is 27.7. The van der Waals surface area contributed by atoms with Crippen LogP contribution in [0.4, 0.5) is 0 Å². The molecule has 0 amide bonds. The summed E-state index contributed by atoms with van der Waals surface area (Å²) < 4.78 is 0. The largest absolute Gasteiger partial charge is 0.294 e. The van der Waals surface area contributed by atoms with Crippen molar-refractivity contribution in [3.63, 3.8) is 0 Å². The standard InChI is InChI=1S/C56H94N2/c1-5-17-43(18-6-1)33-35-45-21-13-27-51(41-45)57(48-23-9-3-10-24-48)50-39-37-47(38-40-50)53-29-15-31-55-54(53)30-16-32-56(55)58(49-25-11-4-12-26-49)52-28-14-22-46(42-52)36-34-44-19-7-2-8-20-44/h33-36,43-56H,1-32,37-42H2. The molecule has 0 saturated heterocycles. The molecule has 58 heavy (non-hydrogen) atoms. The zero-order valence-electron chi connectivity index (χ0n) is 38.2. The fourth-order valence-electron chi connectivity index (χ4n) is 16.9. The van der Waals surface area contributed by atoms with Gasteiger partial charge in [0.25, 0.3) is 0 Å². The molecular formula is C56H94N2. The maximum atomic E-state index is 3.37. The Balaban J connectivity index is 0.855. The van der Waals surface area contributed by atoms with Gasteiger partial charge >= 0.3 is 0 Å². The average Bonchev–Trinajstić information content (AvgIpc) is 3.30. The van der Waals surface area contributed by atoms with Gasteiger partial charge in [0.1, 0.15) is 0 Å². The van der Waals surface area contributed by atoms with E-state index in [2.05, 4.69) is 34.1 Å². The number of nitrogens with zero attached hydrogens (tertiary/aromatic N) is 2. The topological polar surface area (TPSA) is 6.48 Å². The highest BCUT2D eigenvalue weighted by molar-refractivity contribution is 5.04. The molecule has 9 aliphatic carbocycles. The fraction of sp³-hybridized carbons (Fsp3) is 0.929. The van der Waals surface area contributed by atoms with Crippen molar-refractivity contribution in [1.82, 2.24) is 9.80 Å². The molecule has 0 N–H and O–H groups in total. The van der Waals surface area contributed by atoms with Crippen LogP contribution in [0.15, 0.2) is 24.3 Å². The Kier molecular flexibility index (Phi) is 15.9. The van der Waals surface area contributed by atoms with Crippen LogP contribution in [0.3, 0.4) is 0 Å². The second-order valence-corrected chi connectivity index (χ2v) is 23.2. The summed E-state index contributed by atoms with van der Waals surface area (Å²) >= 11 is 0. The molecule has 0 spiro atoms. The fourth-order valence-corrected chi connectivity index (χ4v) is 16.9. The van der Waals surface area contributed by atoms with Crippen LogP contribution in [0.25, 0.3) is 0 Å². The SMILES string of the molecule is C(=CC1CCCC(N(C2CCCCC2)C2CCC(C3CCCC4C3CCCC4N(C3CCCCC3)C3CCCC(C=CC4CCCCC4)C3)CC2)C1)C1CCCCC1. The third-order valence-corrected chi connectivity index (χ3v) is 19.7. The Morgan fingerprint density at radius 3 is 1.19 bits per heavy atom. The van der Waals surface area contributed by atoms with Crippen molar-refractivity contribution in [2.45, 2.75) is 280 Å². The first-order chi connectivity index (χ1) is 28.8. The minimum absolute atomic E-state index is 0.853. The molecule has 0 bridgehead atoms. The zero-order valence-corrected chi connectivity index (χ0v) is 38.2. The van der Waals surface area contributed by atoms with E-state index in [1.54, 1.807) is 38.5 Å². The first kappa shape index (κ1) is 42.7. The van der Waals surface area contributed by atoms with Crippen LogP contribution in [-0.2, 0) is 0 Å². The lowest BCUT2D eigenvalue weighted by Gasteiger charge is -2.56. The van der Waals surface area contributed by atoms with E-state index in [9.17, 15) is 0 Å². The van der Waals surface area contributed by atoms with Gasteiger partial charge in [-0.15, -0.1) is 0 Å². The summed E-state index contributed by atoms with van der Waals surface area (Å²) in [5.41, 5.74) is 0. The molecule has 8 atom stereocenters. The Labute approximate surface area is 360 Å². The van der Waals surface area contributed by atoms with Gasteiger partial charge in [-0.1, -0.05) is 127 Å². The van der Waals surface area contributed by atoms with E-state index in [1.807, 2.05) is 0 Å². The number of rotatable bonds is 11. The predicted molar refractivity (Wildman–Crippen MR) is 248 cm³/mol. The molecule has 0 aromatic carbocycles. The average molecular weight is 795 g/mol. The molecule has 9 saturated carbocycles. The van der Waals surface area contributed by atoms with Gasteiger partial charge in [0.2, 0.25) is 0 Å². The van der Waals surface area contributed by atoms with Gasteiger partial charge in [0.15, 0.2) is 0 Å². The second-order valence-electron chi connectivity index (χ2n) is 23.2. The number of allylic oxidation sites excluding steroid dienone is 4. The first-order valence-electron chi connectivity index (χ1n) is 27.7. The smallest absolute Gasteiger partial charge is 0.0132 e. The van der Waals surface area contributed by atoms with Crippen molar-refractivity contribution in [2.75, 3.05) is 0 Å². The summed E-state index contributed by atoms with van der Waals surface area (Å²) in [7, 11) is 0. The van der Waals surface area contributed by atoms with Crippen molar-refractivity contribution >= 4 is 0 Å². The molecule has 8 unspecified atom stereocenters. The summed E-state index contributed by atoms with van der Waals surface area (Å²) in [5.74, 6) is 7.61. The number of hydrogen-bond donors (Lipinski definition) is 0. The quantitative estimate of drug-likeness (QED) is 0.192. The Morgan fingerprint density at radius 1 is 0.241 bits per heavy atom. The molecule has 9 fully saturated rings. The highest BCUT2D eigenvalue weighted by Gasteiger charge is 2.48. The van der Waals surface area contributed by atoms with Crippen LogP contribution in [-0.4, -0.2) is 46.1 Å². The summed E-state index contributed by atoms with van der Waals surface area (Å²) in [5, 5.41) is 0. The summed E-state index contributed by atoms with van der Waals surface area (Å²) in [6.45, 7) is 0. The van der Waals surface area contributed by atoms with Gasteiger partial charge in [-0.25, -0.2) is 0 Å². The van der Waals surface area contributed by atoms with E-state index in [1.165, 1.54) is 205 Å². The highest BCUT2D eigenvalue weighted by Crippen LogP contribution is 2.53. The molecule has 9 aliphatic rings. The monoisotopic (exact) mass is 795 g/mol. The normalized spacial score (nSPS) is 40.1. The van der Waals surface area contributed by atoms with Crippen LogP contribution in [0, 0.1) is 47.3 Å². The van der Waals surface area contributed by atoms with E-state index < -0.39 is 0 Å². The van der Waals surface area contributed by atoms with E-state index in [-0.39, 0.29) is 0 Å². The van der Waals surface area contributed by atoms with Crippen molar-refractivity contribution in [2.24, 2.45) is 47.3 Å². The lowest BCUT2D eigenvalue weighted by molar-refractivity contribution is -0.0634. The van der Waals surface area contributed by atoms with Crippen LogP contribution < -0.4 is 0 Å². The zero-order chi connectivity index (χ0) is 38.9. The van der Waals surface area contributed by atoms with Gasteiger partial charge < -0.3 is 0 Å². The van der Waals surface area contributed by atoms with E-state index in [4.69, 9.17) is 0 Å². The molecule has 2 nitrogen and oxygen atoms in total. The summed E-state index contributed by atoms with van der Waals surface area (Å²) in [6, 6.07) is 5.31. The third kappa shape index (κ3) is 10.8. The lowest BCUT2D eigenvalue weighted by Crippen LogP contribution is -2.58. The van der Waals surface area contributed by atoms with E-state index in [0.29, 0.717) is 0 Å².